The van der Waals surface area contributed by atoms with Gasteiger partial charge in [0, 0.05) is 24.7 Å². The number of aliphatic hydroxyl groups is 2. The van der Waals surface area contributed by atoms with Crippen LogP contribution in [0, 0.1) is 13.8 Å². The molecule has 0 unspecified atom stereocenters. The van der Waals surface area contributed by atoms with Crippen molar-refractivity contribution in [2.45, 2.75) is 156 Å². The number of phenolic OH excluding ortho intramolecular Hbond substituents is 1. The maximum atomic E-state index is 14.2. The number of aliphatic hydroxyl groups excluding tert-OH is 2. The van der Waals surface area contributed by atoms with Crippen LogP contribution in [0.2, 0.25) is 0 Å². The first-order chi connectivity index (χ1) is 42.6. The minimum absolute atomic E-state index is 0.0175. The SMILES string of the molecule is CCCCCOc1ccc2cc(C(=O)N[C@H]3CCCNC(=O)[C@@H]4C[C@H](N)CN4C(=O)[C@H]([C@H](C)O)NC(=O)[C@H](CCc4ccc(O)cc4)NC(=O)[C@@H]4CC[C@H](N)N4C(=O)[C@H](CO)NC3=O)ccc2c1.Cc1ccc(S(=O)(=O)O)cc1.Cc1ccc(S(=O)(=O)O)cc1. The van der Waals surface area contributed by atoms with Gasteiger partial charge in [-0.15, -0.1) is 0 Å². The molecule has 3 fully saturated rings. The summed E-state index contributed by atoms with van der Waals surface area (Å²) < 4.78 is 65.0. The van der Waals surface area contributed by atoms with Crippen molar-refractivity contribution in [3.63, 3.8) is 0 Å². The number of phenols is 1. The minimum atomic E-state index is -4.02. The molecular weight excluding hydrogens is 1210 g/mol. The van der Waals surface area contributed by atoms with E-state index in [1.54, 1.807) is 54.6 Å². The molecule has 0 aliphatic carbocycles. The molecular formula is C62H81N9O17S2. The molecule has 0 bridgehead atoms. The number of aryl methyl sites for hydroxylation is 3. The lowest BCUT2D eigenvalue weighted by atomic mass is 10.0. The van der Waals surface area contributed by atoms with Crippen LogP contribution in [0.3, 0.4) is 0 Å². The molecule has 5 aromatic carbocycles. The van der Waals surface area contributed by atoms with Crippen LogP contribution in [0.5, 0.6) is 11.5 Å². The lowest BCUT2D eigenvalue weighted by Gasteiger charge is -2.33. The van der Waals surface area contributed by atoms with Gasteiger partial charge in [-0.2, -0.15) is 16.8 Å². The standard InChI is InChI=1S/C48H65N9O11.2C7H8O3S/c1-3-4-5-21-68-34-16-13-29-22-31(12-11-30(29)23-34)42(61)52-35-7-6-20-51-45(64)39-24-32(49)25-56(39)48(67)41(27(2)59)55-44(63)36(17-10-28-8-14-33(60)15-9-28)53-46(65)38-18-19-40(50)57(38)47(66)37(26-58)54-43(35)62;2*1-6-2-4-7(5-3-6)11(8,9)10/h8-9,11-16,22-23,27,32,35-41,58-60H,3-7,10,17-21,24-26,49-50H2,1-2H3,(H,51,64)(H,52,61)(H,53,65)(H,54,62)(H,55,63);2*2-5H,1H3,(H,8,9,10)/t27-,32-,35-,36-,37-,38-,39-,40+,41-;;/m0../s1. The monoisotopic (exact) mass is 1290 g/mol. The van der Waals surface area contributed by atoms with E-state index in [0.29, 0.717) is 17.9 Å². The Bertz CT molecular complexity index is 3470. The zero-order valence-electron chi connectivity index (χ0n) is 50.5. The number of carbonyl (C=O) groups is 7. The molecule has 0 aromatic heterocycles. The first-order valence-corrected chi connectivity index (χ1v) is 32.4. The Kier molecular flexibility index (Phi) is 25.7. The highest BCUT2D eigenvalue weighted by Gasteiger charge is 2.45. The van der Waals surface area contributed by atoms with Crippen molar-refractivity contribution in [1.82, 2.24) is 36.4 Å². The number of unbranched alkanes of at least 4 members (excludes halogenated alkanes) is 2. The van der Waals surface area contributed by atoms with E-state index in [9.17, 15) is 65.7 Å². The van der Waals surface area contributed by atoms with Crippen LogP contribution in [0.4, 0.5) is 0 Å². The molecule has 3 heterocycles. The van der Waals surface area contributed by atoms with Gasteiger partial charge in [-0.25, -0.2) is 0 Å². The molecule has 488 valence electrons. The Morgan fingerprint density at radius 2 is 1.31 bits per heavy atom. The smallest absolute Gasteiger partial charge is 0.294 e. The Morgan fingerprint density at radius 3 is 1.90 bits per heavy atom. The largest absolute Gasteiger partial charge is 0.508 e. The number of aromatic hydroxyl groups is 1. The molecule has 3 saturated heterocycles. The van der Waals surface area contributed by atoms with Gasteiger partial charge in [0.1, 0.15) is 47.8 Å². The van der Waals surface area contributed by atoms with Gasteiger partial charge in [-0.1, -0.05) is 79.4 Å². The van der Waals surface area contributed by atoms with Crippen molar-refractivity contribution >= 4 is 72.4 Å². The van der Waals surface area contributed by atoms with Gasteiger partial charge in [0.25, 0.3) is 26.1 Å². The van der Waals surface area contributed by atoms with E-state index in [1.165, 1.54) is 48.2 Å². The first-order valence-electron chi connectivity index (χ1n) is 29.5. The number of nitrogens with zero attached hydrogens (tertiary/aromatic N) is 2. The van der Waals surface area contributed by atoms with E-state index in [4.69, 9.17) is 25.3 Å². The zero-order chi connectivity index (χ0) is 66.0. The van der Waals surface area contributed by atoms with E-state index in [0.717, 1.165) is 46.1 Å². The molecule has 5 aromatic rings. The number of benzene rings is 5. The molecule has 28 heteroatoms. The fourth-order valence-electron chi connectivity index (χ4n) is 10.3. The predicted octanol–water partition coefficient (Wildman–Crippen LogP) is 2.27. The molecule has 0 spiro atoms. The van der Waals surface area contributed by atoms with E-state index < -0.39 is 123 Å². The number of rotatable bonds is 14. The summed E-state index contributed by atoms with van der Waals surface area (Å²) in [5.41, 5.74) is 15.5. The molecule has 8 rings (SSSR count). The van der Waals surface area contributed by atoms with Crippen LogP contribution in [-0.4, -0.2) is 173 Å². The number of ether oxygens (including phenoxy) is 1. The van der Waals surface area contributed by atoms with Crippen molar-refractivity contribution in [3.05, 3.63) is 131 Å². The molecule has 3 aliphatic rings. The minimum Gasteiger partial charge on any atom is -0.508 e. The van der Waals surface area contributed by atoms with Crippen LogP contribution < -0.4 is 42.8 Å². The second kappa shape index (κ2) is 32.6. The summed E-state index contributed by atoms with van der Waals surface area (Å²) in [5, 5.41) is 46.1. The second-order valence-corrected chi connectivity index (χ2v) is 25.3. The van der Waals surface area contributed by atoms with Crippen molar-refractivity contribution in [2.24, 2.45) is 11.5 Å². The van der Waals surface area contributed by atoms with E-state index >= 15 is 0 Å². The van der Waals surface area contributed by atoms with Crippen LogP contribution in [0.1, 0.15) is 98.7 Å². The van der Waals surface area contributed by atoms with Crippen LogP contribution >= 0.6 is 0 Å². The van der Waals surface area contributed by atoms with Gasteiger partial charge in [0.05, 0.1) is 35.3 Å². The highest BCUT2D eigenvalue weighted by Crippen LogP contribution is 2.26. The number of hydrogen-bond acceptors (Lipinski definition) is 17. The Hall–Kier alpha value is -8.09. The maximum Gasteiger partial charge on any atom is 0.294 e. The van der Waals surface area contributed by atoms with Gasteiger partial charge in [-0.05, 0) is 149 Å². The molecule has 26 nitrogen and oxygen atoms in total. The summed E-state index contributed by atoms with van der Waals surface area (Å²) in [6, 6.07) is 19.9. The summed E-state index contributed by atoms with van der Waals surface area (Å²) in [6.45, 7) is 6.69. The summed E-state index contributed by atoms with van der Waals surface area (Å²) in [4.78, 5) is 101. The van der Waals surface area contributed by atoms with Crippen LogP contribution in [-0.2, 0) is 55.4 Å². The Labute approximate surface area is 523 Å². The van der Waals surface area contributed by atoms with E-state index in [-0.39, 0.29) is 79.1 Å². The predicted molar refractivity (Wildman–Crippen MR) is 331 cm³/mol. The summed E-state index contributed by atoms with van der Waals surface area (Å²) >= 11 is 0. The number of nitrogens with two attached hydrogens (primary N) is 2. The zero-order valence-corrected chi connectivity index (χ0v) is 52.1. The van der Waals surface area contributed by atoms with Gasteiger partial charge in [0.2, 0.25) is 35.4 Å². The highest BCUT2D eigenvalue weighted by molar-refractivity contribution is 7.86. The molecule has 3 aliphatic heterocycles. The lowest BCUT2D eigenvalue weighted by molar-refractivity contribution is -0.145. The van der Waals surface area contributed by atoms with Crippen molar-refractivity contribution in [3.8, 4) is 11.5 Å². The number of hydrogen-bond donors (Lipinski definition) is 12. The second-order valence-electron chi connectivity index (χ2n) is 22.5. The van der Waals surface area contributed by atoms with Crippen LogP contribution in [0.25, 0.3) is 10.8 Å². The highest BCUT2D eigenvalue weighted by atomic mass is 32.2. The van der Waals surface area contributed by atoms with E-state index in [1.807, 2.05) is 32.0 Å². The molecule has 7 amide bonds. The fourth-order valence-corrected chi connectivity index (χ4v) is 11.3. The molecule has 0 radical (unpaired) electrons. The average Bonchev–Trinajstić information content (AvgIpc) is 1.79. The Morgan fingerprint density at radius 1 is 0.711 bits per heavy atom. The third-order valence-corrected chi connectivity index (χ3v) is 17.1. The van der Waals surface area contributed by atoms with Gasteiger partial charge >= 0.3 is 0 Å². The number of fused-ring (bicyclic) bond motifs is 3. The van der Waals surface area contributed by atoms with Crippen molar-refractivity contribution < 1.29 is 79.6 Å². The van der Waals surface area contributed by atoms with Crippen molar-refractivity contribution in [2.75, 3.05) is 26.3 Å². The topological polar surface area (TPSA) is 417 Å². The number of amides is 7. The molecule has 14 N–H and O–H groups in total. The fraction of sp³-hybridized carbons (Fsp3) is 0.435. The quantitative estimate of drug-likeness (QED) is 0.0560. The third kappa shape index (κ3) is 20.2. The van der Waals surface area contributed by atoms with Crippen molar-refractivity contribution in [1.29, 1.82) is 0 Å². The summed E-state index contributed by atoms with van der Waals surface area (Å²) in [6.07, 6.45) is 1.07. The third-order valence-electron chi connectivity index (χ3n) is 15.4. The van der Waals surface area contributed by atoms with Gasteiger partial charge in [-0.3, -0.25) is 42.7 Å². The number of carbonyl (C=O) groups excluding carboxylic acids is 7. The summed E-state index contributed by atoms with van der Waals surface area (Å²) in [7, 11) is -8.04. The number of nitrogens with one attached hydrogen (secondary N) is 5. The van der Waals surface area contributed by atoms with Gasteiger partial charge < -0.3 is 67.9 Å². The average molecular weight is 1290 g/mol. The normalized spacial score (nSPS) is 22.6. The molecule has 9 atom stereocenters. The van der Waals surface area contributed by atoms with Gasteiger partial charge in [0.15, 0.2) is 0 Å². The maximum absolute atomic E-state index is 14.2. The molecule has 0 saturated carbocycles. The first kappa shape index (κ1) is 71.0. The van der Waals surface area contributed by atoms with E-state index in [2.05, 4.69) is 33.5 Å². The Balaban J connectivity index is 0.000000488. The van der Waals surface area contributed by atoms with Crippen LogP contribution in [0.15, 0.2) is 119 Å². The lowest BCUT2D eigenvalue weighted by Crippen LogP contribution is -2.62. The summed E-state index contributed by atoms with van der Waals surface area (Å²) in [5.74, 6) is -4.62. The molecule has 90 heavy (non-hydrogen) atoms.